The van der Waals surface area contributed by atoms with E-state index in [9.17, 15) is 24.8 Å². The van der Waals surface area contributed by atoms with E-state index in [0.717, 1.165) is 11.3 Å². The van der Waals surface area contributed by atoms with Gasteiger partial charge in [-0.3, -0.25) is 19.9 Å². The fourth-order valence-electron chi connectivity index (χ4n) is 4.72. The molecule has 0 bridgehead atoms. The quantitative estimate of drug-likeness (QED) is 0.146. The number of nitrogens with zero attached hydrogens (tertiary/aromatic N) is 2. The number of rotatable bonds is 13. The highest BCUT2D eigenvalue weighted by Crippen LogP contribution is 2.41. The molecule has 11 nitrogen and oxygen atoms in total. The fraction of sp³-hybridized carbons (Fsp3) is 0.414. The topological polar surface area (TPSA) is 161 Å². The number of methoxy groups -OCH3 is 1. The second-order valence-corrected chi connectivity index (χ2v) is 9.57. The largest absolute Gasteiger partial charge is 0.468 e. The summed E-state index contributed by atoms with van der Waals surface area (Å²) in [7, 11) is 1.24. The smallest absolute Gasteiger partial charge is 0.336 e. The molecule has 1 aliphatic heterocycles. The van der Waals surface area contributed by atoms with Gasteiger partial charge in [-0.15, -0.1) is 0 Å². The van der Waals surface area contributed by atoms with Gasteiger partial charge in [0, 0.05) is 48.1 Å². The Morgan fingerprint density at radius 2 is 1.90 bits per heavy atom. The van der Waals surface area contributed by atoms with Crippen LogP contribution in [0.15, 0.2) is 64.8 Å². The maximum Gasteiger partial charge on any atom is 0.336 e. The van der Waals surface area contributed by atoms with E-state index in [1.165, 1.54) is 25.3 Å². The van der Waals surface area contributed by atoms with Crippen LogP contribution >= 0.6 is 0 Å². The lowest BCUT2D eigenvalue weighted by atomic mass is 9.75. The van der Waals surface area contributed by atoms with Crippen LogP contribution in [-0.2, 0) is 25.5 Å². The highest BCUT2D eigenvalue weighted by atomic mass is 16.6. The molecule has 214 valence electrons. The summed E-state index contributed by atoms with van der Waals surface area (Å²) in [4.78, 5) is 41.4. The third kappa shape index (κ3) is 7.73. The Morgan fingerprint density at radius 3 is 2.55 bits per heavy atom. The van der Waals surface area contributed by atoms with Crippen LogP contribution in [0.4, 0.5) is 11.4 Å². The van der Waals surface area contributed by atoms with Crippen LogP contribution < -0.4 is 5.32 Å². The van der Waals surface area contributed by atoms with Crippen molar-refractivity contribution in [2.45, 2.75) is 45.1 Å². The van der Waals surface area contributed by atoms with Gasteiger partial charge < -0.3 is 25.0 Å². The molecule has 1 heterocycles. The van der Waals surface area contributed by atoms with Crippen molar-refractivity contribution in [3.8, 4) is 0 Å². The summed E-state index contributed by atoms with van der Waals surface area (Å²) in [6, 6.07) is 13.5. The number of aliphatic imine (C=N–C) groups is 1. The normalized spacial score (nSPS) is 17.6. The van der Waals surface area contributed by atoms with Crippen molar-refractivity contribution in [3.05, 3.63) is 81.0 Å². The summed E-state index contributed by atoms with van der Waals surface area (Å²) in [5.41, 5.74) is 3.08. The highest BCUT2D eigenvalue weighted by molar-refractivity contribution is 6.07. The van der Waals surface area contributed by atoms with Crippen LogP contribution in [0.25, 0.3) is 0 Å². The first-order valence-corrected chi connectivity index (χ1v) is 13.0. The highest BCUT2D eigenvalue weighted by Gasteiger charge is 2.42. The van der Waals surface area contributed by atoms with Crippen molar-refractivity contribution >= 4 is 29.0 Å². The molecule has 3 unspecified atom stereocenters. The number of benzene rings is 2. The number of nitrogens with one attached hydrogen (secondary N) is 1. The van der Waals surface area contributed by atoms with E-state index in [1.54, 1.807) is 19.9 Å². The zero-order chi connectivity index (χ0) is 29.2. The van der Waals surface area contributed by atoms with Crippen molar-refractivity contribution in [2.75, 3.05) is 32.2 Å². The number of hydrogen-bond acceptors (Lipinski definition) is 10. The lowest BCUT2D eigenvalue weighted by Crippen LogP contribution is -2.36. The molecule has 2 aromatic rings. The van der Waals surface area contributed by atoms with E-state index in [-0.39, 0.29) is 24.5 Å². The number of carbonyl (C=O) groups is 2. The van der Waals surface area contributed by atoms with Crippen molar-refractivity contribution < 1.29 is 34.2 Å². The standard InChI is InChI=1S/C29H35N3O8/c1-18-25(28(35)39-3)27(21-6-4-7-23(16-21)32(37)38)26(19(2)31-18)29(36)40-15-13-20-9-11-22(12-10-20)30-14-5-8-24(34)17-33/h4,6-7,9-12,16,24-25,27,30,33-34H,5,8,13-15,17H2,1-3H3. The van der Waals surface area contributed by atoms with Gasteiger partial charge in [0.15, 0.2) is 0 Å². The Kier molecular flexibility index (Phi) is 10.9. The SMILES string of the molecule is COC(=O)C1C(C)=NC(C)=C(C(=O)OCCc2ccc(NCCCC(O)CO)cc2)C1c1cccc([N+](=O)[O-])c1. The molecule has 0 fully saturated rings. The van der Waals surface area contributed by atoms with Gasteiger partial charge in [-0.05, 0) is 49.9 Å². The minimum Gasteiger partial charge on any atom is -0.468 e. The molecule has 0 saturated heterocycles. The Hall–Kier alpha value is -4.09. The number of aliphatic hydroxyl groups excluding tert-OH is 2. The lowest BCUT2D eigenvalue weighted by molar-refractivity contribution is -0.384. The van der Waals surface area contributed by atoms with Gasteiger partial charge in [0.25, 0.3) is 5.69 Å². The maximum absolute atomic E-state index is 13.4. The van der Waals surface area contributed by atoms with E-state index < -0.39 is 34.8 Å². The Morgan fingerprint density at radius 1 is 1.18 bits per heavy atom. The first-order valence-electron chi connectivity index (χ1n) is 13.0. The van der Waals surface area contributed by atoms with Gasteiger partial charge in [0.2, 0.25) is 0 Å². The third-order valence-electron chi connectivity index (χ3n) is 6.78. The van der Waals surface area contributed by atoms with Crippen LogP contribution in [0, 0.1) is 16.0 Å². The number of carbonyl (C=O) groups excluding carboxylic acids is 2. The summed E-state index contributed by atoms with van der Waals surface area (Å²) < 4.78 is 10.6. The van der Waals surface area contributed by atoms with Crippen LogP contribution in [-0.4, -0.2) is 65.8 Å². The second-order valence-electron chi connectivity index (χ2n) is 9.57. The van der Waals surface area contributed by atoms with Gasteiger partial charge in [-0.2, -0.15) is 0 Å². The number of ether oxygens (including phenoxy) is 2. The lowest BCUT2D eigenvalue weighted by Gasteiger charge is -2.31. The van der Waals surface area contributed by atoms with Gasteiger partial charge in [-0.25, -0.2) is 4.79 Å². The Balaban J connectivity index is 1.71. The number of nitro groups is 1. The summed E-state index contributed by atoms with van der Waals surface area (Å²) in [6.07, 6.45) is 0.970. The summed E-state index contributed by atoms with van der Waals surface area (Å²) in [5.74, 6) is -3.05. The molecule has 0 amide bonds. The number of anilines is 1. The van der Waals surface area contributed by atoms with Crippen LogP contribution in [0.3, 0.4) is 0 Å². The molecule has 0 radical (unpaired) electrons. The summed E-state index contributed by atoms with van der Waals surface area (Å²) in [6.45, 7) is 3.80. The number of allylic oxidation sites excluding steroid dienone is 1. The summed E-state index contributed by atoms with van der Waals surface area (Å²) in [5, 5.41) is 32.9. The van der Waals surface area contributed by atoms with Gasteiger partial charge in [0.05, 0.1) is 36.9 Å². The molecule has 0 aliphatic carbocycles. The zero-order valence-electron chi connectivity index (χ0n) is 22.8. The molecule has 0 saturated carbocycles. The van der Waals surface area contributed by atoms with E-state index in [4.69, 9.17) is 14.6 Å². The molecule has 11 heteroatoms. The maximum atomic E-state index is 13.4. The third-order valence-corrected chi connectivity index (χ3v) is 6.78. The van der Waals surface area contributed by atoms with Crippen molar-refractivity contribution in [1.82, 2.24) is 0 Å². The zero-order valence-corrected chi connectivity index (χ0v) is 22.8. The molecule has 1 aliphatic rings. The summed E-state index contributed by atoms with van der Waals surface area (Å²) >= 11 is 0. The molecule has 0 aromatic heterocycles. The molecule has 3 rings (SSSR count). The number of aliphatic hydroxyl groups is 2. The van der Waals surface area contributed by atoms with Crippen LogP contribution in [0.5, 0.6) is 0 Å². The fourth-order valence-corrected chi connectivity index (χ4v) is 4.72. The molecular formula is C29H35N3O8. The monoisotopic (exact) mass is 553 g/mol. The van der Waals surface area contributed by atoms with Crippen LogP contribution in [0.2, 0.25) is 0 Å². The predicted octanol–water partition coefficient (Wildman–Crippen LogP) is 3.55. The second kappa shape index (κ2) is 14.3. The minimum atomic E-state index is -0.940. The molecule has 3 atom stereocenters. The minimum absolute atomic E-state index is 0.0781. The van der Waals surface area contributed by atoms with E-state index in [2.05, 4.69) is 10.3 Å². The van der Waals surface area contributed by atoms with Crippen molar-refractivity contribution in [3.63, 3.8) is 0 Å². The molecule has 3 N–H and O–H groups in total. The van der Waals surface area contributed by atoms with E-state index in [1.807, 2.05) is 24.3 Å². The first kappa shape index (κ1) is 30.5. The molecule has 2 aromatic carbocycles. The molecule has 0 spiro atoms. The number of nitro benzene ring substituents is 1. The van der Waals surface area contributed by atoms with Gasteiger partial charge in [-0.1, -0.05) is 24.3 Å². The number of non-ortho nitro benzene ring substituents is 1. The molecule has 40 heavy (non-hydrogen) atoms. The van der Waals surface area contributed by atoms with Gasteiger partial charge in [0.1, 0.15) is 5.92 Å². The molecular weight excluding hydrogens is 518 g/mol. The van der Waals surface area contributed by atoms with Crippen LogP contribution in [0.1, 0.15) is 43.7 Å². The van der Waals surface area contributed by atoms with E-state index in [0.29, 0.717) is 42.8 Å². The van der Waals surface area contributed by atoms with Crippen molar-refractivity contribution in [2.24, 2.45) is 10.9 Å². The van der Waals surface area contributed by atoms with Crippen molar-refractivity contribution in [1.29, 1.82) is 0 Å². The average Bonchev–Trinajstić information content (AvgIpc) is 2.95. The number of esters is 2. The predicted molar refractivity (Wildman–Crippen MR) is 149 cm³/mol. The first-order chi connectivity index (χ1) is 19.2. The average molecular weight is 554 g/mol. The van der Waals surface area contributed by atoms with Gasteiger partial charge >= 0.3 is 11.9 Å². The Bertz CT molecular complexity index is 1270. The Labute approximate surface area is 232 Å². The van der Waals surface area contributed by atoms with E-state index >= 15 is 0 Å². The number of hydrogen-bond donors (Lipinski definition) is 3.